The Balaban J connectivity index is 1.41. The molecule has 0 radical (unpaired) electrons. The summed E-state index contributed by atoms with van der Waals surface area (Å²) in [4.78, 5) is 37.9. The molecule has 2 N–H and O–H groups in total. The minimum Gasteiger partial charge on any atom is -0.484 e. The lowest BCUT2D eigenvalue weighted by Crippen LogP contribution is -2.71. The molecule has 0 aromatic heterocycles. The molecule has 2 fully saturated rings. The lowest BCUT2D eigenvalue weighted by molar-refractivity contribution is -0.151. The van der Waals surface area contributed by atoms with E-state index in [1.165, 1.54) is 16.7 Å². The molecule has 2 saturated heterocycles. The first kappa shape index (κ1) is 18.8. The summed E-state index contributed by atoms with van der Waals surface area (Å²) in [6.45, 7) is 0.386. The number of aliphatic carboxylic acids is 1. The molecule has 3 atom stereocenters. The maximum Gasteiger partial charge on any atom is 0.352 e. The Morgan fingerprint density at radius 1 is 1.32 bits per heavy atom. The smallest absolute Gasteiger partial charge is 0.352 e. The molecule has 3 aliphatic rings. The van der Waals surface area contributed by atoms with Crippen LogP contribution in [-0.2, 0) is 19.1 Å². The molecule has 1 aromatic rings. The van der Waals surface area contributed by atoms with Crippen molar-refractivity contribution in [1.29, 1.82) is 0 Å². The van der Waals surface area contributed by atoms with Crippen LogP contribution in [0.15, 0.2) is 41.6 Å². The number of para-hydroxylation sites is 1. The minimum atomic E-state index is -1.14. The fourth-order valence-electron chi connectivity index (χ4n) is 3.62. The van der Waals surface area contributed by atoms with Crippen molar-refractivity contribution in [3.63, 3.8) is 0 Å². The van der Waals surface area contributed by atoms with Gasteiger partial charge in [-0.3, -0.25) is 14.5 Å². The summed E-state index contributed by atoms with van der Waals surface area (Å²) in [5.74, 6) is -0.954. The highest BCUT2D eigenvalue weighted by molar-refractivity contribution is 8.00. The van der Waals surface area contributed by atoms with Crippen LogP contribution in [0.25, 0.3) is 0 Å². The summed E-state index contributed by atoms with van der Waals surface area (Å²) in [6, 6.07) is 8.15. The Bertz CT molecular complexity index is 821. The van der Waals surface area contributed by atoms with Crippen LogP contribution in [0.2, 0.25) is 0 Å². The SMILES string of the molecule is O=C(COc1ccccc1)N[C@@H]1C(=O)N2C(C(=O)O)=C(C3CCCO3)CS[C@H]12. The van der Waals surface area contributed by atoms with Crippen LogP contribution in [0.1, 0.15) is 12.8 Å². The number of carboxylic acids is 1. The van der Waals surface area contributed by atoms with Crippen LogP contribution in [0.5, 0.6) is 5.75 Å². The van der Waals surface area contributed by atoms with Gasteiger partial charge in [0, 0.05) is 12.4 Å². The van der Waals surface area contributed by atoms with Crippen molar-refractivity contribution in [3.05, 3.63) is 41.6 Å². The van der Waals surface area contributed by atoms with Gasteiger partial charge in [-0.1, -0.05) is 18.2 Å². The van der Waals surface area contributed by atoms with Gasteiger partial charge >= 0.3 is 5.97 Å². The van der Waals surface area contributed by atoms with E-state index in [1.807, 2.05) is 6.07 Å². The van der Waals surface area contributed by atoms with Crippen molar-refractivity contribution in [2.24, 2.45) is 0 Å². The predicted molar refractivity (Wildman–Crippen MR) is 101 cm³/mol. The van der Waals surface area contributed by atoms with Crippen molar-refractivity contribution < 1.29 is 29.0 Å². The van der Waals surface area contributed by atoms with Gasteiger partial charge in [0.2, 0.25) is 0 Å². The highest BCUT2D eigenvalue weighted by Gasteiger charge is 2.55. The second-order valence-electron chi connectivity index (χ2n) is 6.74. The van der Waals surface area contributed by atoms with Crippen molar-refractivity contribution in [3.8, 4) is 5.75 Å². The van der Waals surface area contributed by atoms with Crippen LogP contribution in [0.3, 0.4) is 0 Å². The molecule has 4 rings (SSSR count). The number of thioether (sulfide) groups is 1. The van der Waals surface area contributed by atoms with Crippen LogP contribution in [-0.4, -0.2) is 64.3 Å². The molecule has 28 heavy (non-hydrogen) atoms. The molecule has 9 heteroatoms. The molecule has 3 heterocycles. The third-order valence-corrected chi connectivity index (χ3v) is 6.25. The first-order valence-corrected chi connectivity index (χ1v) is 10.1. The summed E-state index contributed by atoms with van der Waals surface area (Å²) in [6.07, 6.45) is 1.39. The van der Waals surface area contributed by atoms with E-state index in [0.29, 0.717) is 23.7 Å². The van der Waals surface area contributed by atoms with Crippen LogP contribution < -0.4 is 10.1 Å². The number of rotatable bonds is 6. The number of benzene rings is 1. The number of β-lactam (4-membered cyclic amide) rings is 1. The van der Waals surface area contributed by atoms with Gasteiger partial charge in [-0.15, -0.1) is 11.8 Å². The van der Waals surface area contributed by atoms with E-state index < -0.39 is 29.2 Å². The third kappa shape index (κ3) is 3.47. The van der Waals surface area contributed by atoms with Crippen LogP contribution in [0.4, 0.5) is 0 Å². The predicted octanol–water partition coefficient (Wildman–Crippen LogP) is 0.983. The summed E-state index contributed by atoms with van der Waals surface area (Å²) in [5.41, 5.74) is 0.656. The molecule has 8 nitrogen and oxygen atoms in total. The lowest BCUT2D eigenvalue weighted by Gasteiger charge is -2.49. The van der Waals surface area contributed by atoms with Crippen LogP contribution in [0, 0.1) is 0 Å². The second kappa shape index (κ2) is 7.84. The van der Waals surface area contributed by atoms with Gasteiger partial charge in [0.05, 0.1) is 6.10 Å². The van der Waals surface area contributed by atoms with Crippen molar-refractivity contribution in [1.82, 2.24) is 10.2 Å². The highest BCUT2D eigenvalue weighted by Crippen LogP contribution is 2.42. The van der Waals surface area contributed by atoms with E-state index in [0.717, 1.165) is 12.8 Å². The molecule has 0 bridgehead atoms. The number of hydrogen-bond donors (Lipinski definition) is 2. The van der Waals surface area contributed by atoms with E-state index in [9.17, 15) is 19.5 Å². The second-order valence-corrected chi connectivity index (χ2v) is 7.84. The Labute approximate surface area is 165 Å². The largest absolute Gasteiger partial charge is 0.484 e. The fourth-order valence-corrected chi connectivity index (χ4v) is 5.03. The molecule has 1 unspecified atom stereocenters. The van der Waals surface area contributed by atoms with Gasteiger partial charge in [-0.25, -0.2) is 4.79 Å². The first-order valence-electron chi connectivity index (χ1n) is 9.06. The number of nitrogens with one attached hydrogen (secondary N) is 1. The monoisotopic (exact) mass is 404 g/mol. The zero-order chi connectivity index (χ0) is 19.7. The topological polar surface area (TPSA) is 105 Å². The zero-order valence-electron chi connectivity index (χ0n) is 15.0. The van der Waals surface area contributed by atoms with E-state index in [4.69, 9.17) is 9.47 Å². The summed E-state index contributed by atoms with van der Waals surface area (Å²) in [7, 11) is 0. The molecule has 148 valence electrons. The summed E-state index contributed by atoms with van der Waals surface area (Å²) in [5, 5.41) is 11.9. The number of carbonyl (C=O) groups is 3. The standard InChI is InChI=1S/C19H20N2O6S/c22-14(9-27-11-5-2-1-3-6-11)20-15-17(23)21-16(19(24)25)12(10-28-18(15)21)13-7-4-8-26-13/h1-3,5-6,13,15,18H,4,7-10H2,(H,20,22)(H,24,25)/t13?,15-,18-/m1/s1. The molecule has 0 saturated carbocycles. The van der Waals surface area contributed by atoms with E-state index >= 15 is 0 Å². The molecule has 2 amide bonds. The minimum absolute atomic E-state index is 0.00619. The Morgan fingerprint density at radius 3 is 2.79 bits per heavy atom. The maximum atomic E-state index is 12.6. The molecule has 3 aliphatic heterocycles. The number of ether oxygens (including phenoxy) is 2. The van der Waals surface area contributed by atoms with E-state index in [1.54, 1.807) is 24.3 Å². The summed E-state index contributed by atoms with van der Waals surface area (Å²) < 4.78 is 11.0. The molecular weight excluding hydrogens is 384 g/mol. The molecule has 0 spiro atoms. The molecular formula is C19H20N2O6S. The highest BCUT2D eigenvalue weighted by atomic mass is 32.2. The lowest BCUT2D eigenvalue weighted by atomic mass is 9.99. The average molecular weight is 404 g/mol. The van der Waals surface area contributed by atoms with E-state index in [2.05, 4.69) is 5.32 Å². The average Bonchev–Trinajstić information content (AvgIpc) is 3.24. The van der Waals surface area contributed by atoms with Gasteiger partial charge in [0.25, 0.3) is 11.8 Å². The third-order valence-electron chi connectivity index (χ3n) is 4.95. The van der Waals surface area contributed by atoms with Gasteiger partial charge < -0.3 is 19.9 Å². The quantitative estimate of drug-likeness (QED) is 0.681. The van der Waals surface area contributed by atoms with Gasteiger partial charge in [0.1, 0.15) is 22.9 Å². The number of carbonyl (C=O) groups excluding carboxylic acids is 2. The van der Waals surface area contributed by atoms with Crippen molar-refractivity contribution in [2.45, 2.75) is 30.4 Å². The normalized spacial score (nSPS) is 26.5. The Kier molecular flexibility index (Phi) is 5.27. The first-order chi connectivity index (χ1) is 13.6. The molecule has 0 aliphatic carbocycles. The maximum absolute atomic E-state index is 12.6. The molecule has 1 aromatic carbocycles. The zero-order valence-corrected chi connectivity index (χ0v) is 15.8. The fraction of sp³-hybridized carbons (Fsp3) is 0.421. The van der Waals surface area contributed by atoms with Crippen LogP contribution >= 0.6 is 11.8 Å². The number of amides is 2. The Morgan fingerprint density at radius 2 is 2.11 bits per heavy atom. The van der Waals surface area contributed by atoms with Crippen molar-refractivity contribution in [2.75, 3.05) is 19.0 Å². The van der Waals surface area contributed by atoms with Gasteiger partial charge in [-0.05, 0) is 30.5 Å². The number of fused-ring (bicyclic) bond motifs is 1. The number of carboxylic acid groups (broad SMARTS) is 1. The van der Waals surface area contributed by atoms with Crippen molar-refractivity contribution >= 4 is 29.5 Å². The van der Waals surface area contributed by atoms with E-state index in [-0.39, 0.29) is 18.4 Å². The van der Waals surface area contributed by atoms with Gasteiger partial charge in [0.15, 0.2) is 6.61 Å². The number of nitrogens with zero attached hydrogens (tertiary/aromatic N) is 1. The van der Waals surface area contributed by atoms with Gasteiger partial charge in [-0.2, -0.15) is 0 Å². The summed E-state index contributed by atoms with van der Waals surface area (Å²) >= 11 is 1.45. The number of hydrogen-bond acceptors (Lipinski definition) is 6. The Hall–Kier alpha value is -2.52.